The van der Waals surface area contributed by atoms with Gasteiger partial charge in [0, 0.05) is 0 Å². The number of aromatic hydroxyl groups is 1. The first-order chi connectivity index (χ1) is 6.50. The van der Waals surface area contributed by atoms with Gasteiger partial charge in [-0.1, -0.05) is 19.1 Å². The zero-order chi connectivity index (χ0) is 10.8. The highest BCUT2D eigenvalue weighted by atomic mass is 35.5. The lowest BCUT2D eigenvalue weighted by atomic mass is 9.81. The molecule has 14 heavy (non-hydrogen) atoms. The van der Waals surface area contributed by atoms with Crippen molar-refractivity contribution in [3.05, 3.63) is 29.8 Å². The van der Waals surface area contributed by atoms with E-state index in [1.807, 2.05) is 6.92 Å². The summed E-state index contributed by atoms with van der Waals surface area (Å²) in [5, 5.41) is 8.75. The van der Waals surface area contributed by atoms with E-state index in [9.17, 15) is 4.79 Å². The number of phenols is 1. The first-order valence-electron chi connectivity index (χ1n) is 4.50. The molecule has 0 aliphatic heterocycles. The van der Waals surface area contributed by atoms with E-state index in [0.29, 0.717) is 6.42 Å². The molecule has 1 aromatic rings. The molecule has 0 spiro atoms. The van der Waals surface area contributed by atoms with E-state index in [1.54, 1.807) is 31.2 Å². The Morgan fingerprint density at radius 2 is 1.93 bits per heavy atom. The van der Waals surface area contributed by atoms with Gasteiger partial charge in [-0.2, -0.15) is 0 Å². The molecule has 0 amide bonds. The highest BCUT2D eigenvalue weighted by Crippen LogP contribution is 2.30. The number of phenolic OH excluding ortho intramolecular Hbond substituents is 1. The van der Waals surface area contributed by atoms with Crippen LogP contribution in [0.1, 0.15) is 25.8 Å². The molecule has 1 rings (SSSR count). The SMILES string of the molecule is CCC(C)(C(=O)Cl)c1ccc(O)cc1. The minimum atomic E-state index is -0.657. The molecule has 0 saturated heterocycles. The zero-order valence-electron chi connectivity index (χ0n) is 8.25. The summed E-state index contributed by atoms with van der Waals surface area (Å²) in [5.74, 6) is 0.189. The molecule has 0 fully saturated rings. The largest absolute Gasteiger partial charge is 0.508 e. The maximum Gasteiger partial charge on any atom is 0.231 e. The number of hydrogen-bond donors (Lipinski definition) is 1. The van der Waals surface area contributed by atoms with E-state index in [-0.39, 0.29) is 11.0 Å². The molecule has 1 N–H and O–H groups in total. The van der Waals surface area contributed by atoms with Gasteiger partial charge in [0.15, 0.2) is 0 Å². The van der Waals surface area contributed by atoms with E-state index in [4.69, 9.17) is 16.7 Å². The van der Waals surface area contributed by atoms with Gasteiger partial charge in [0.25, 0.3) is 0 Å². The number of benzene rings is 1. The van der Waals surface area contributed by atoms with Crippen molar-refractivity contribution in [3.8, 4) is 5.75 Å². The van der Waals surface area contributed by atoms with Crippen LogP contribution in [-0.4, -0.2) is 10.3 Å². The lowest BCUT2D eigenvalue weighted by Crippen LogP contribution is -2.27. The van der Waals surface area contributed by atoms with Gasteiger partial charge < -0.3 is 5.11 Å². The van der Waals surface area contributed by atoms with E-state index < -0.39 is 5.41 Å². The first-order valence-corrected chi connectivity index (χ1v) is 4.88. The minimum Gasteiger partial charge on any atom is -0.508 e. The molecule has 2 nitrogen and oxygen atoms in total. The van der Waals surface area contributed by atoms with Crippen molar-refractivity contribution in [1.82, 2.24) is 0 Å². The molecule has 1 unspecified atom stereocenters. The highest BCUT2D eigenvalue weighted by Gasteiger charge is 2.31. The highest BCUT2D eigenvalue weighted by molar-refractivity contribution is 6.65. The minimum absolute atomic E-state index is 0.189. The summed E-state index contributed by atoms with van der Waals surface area (Å²) < 4.78 is 0. The van der Waals surface area contributed by atoms with Crippen molar-refractivity contribution in [3.63, 3.8) is 0 Å². The number of rotatable bonds is 3. The molecule has 0 radical (unpaired) electrons. The summed E-state index contributed by atoms with van der Waals surface area (Å²) in [6, 6.07) is 6.56. The molecule has 1 atom stereocenters. The Bertz CT molecular complexity index is 332. The van der Waals surface area contributed by atoms with Gasteiger partial charge in [-0.05, 0) is 42.6 Å². The van der Waals surface area contributed by atoms with Crippen molar-refractivity contribution >= 4 is 16.8 Å². The molecular weight excluding hydrogens is 200 g/mol. The predicted octanol–water partition coefficient (Wildman–Crippen LogP) is 2.83. The van der Waals surface area contributed by atoms with E-state index in [1.165, 1.54) is 0 Å². The third-order valence-electron chi connectivity index (χ3n) is 2.65. The zero-order valence-corrected chi connectivity index (χ0v) is 9.01. The fourth-order valence-electron chi connectivity index (χ4n) is 1.29. The summed E-state index contributed by atoms with van der Waals surface area (Å²) in [6.07, 6.45) is 0.639. The molecule has 0 bridgehead atoms. The number of halogens is 1. The Morgan fingerprint density at radius 3 is 2.29 bits per heavy atom. The average molecular weight is 213 g/mol. The summed E-state index contributed by atoms with van der Waals surface area (Å²) in [6.45, 7) is 3.71. The molecule has 0 aliphatic rings. The van der Waals surface area contributed by atoms with Crippen LogP contribution in [0.3, 0.4) is 0 Å². The van der Waals surface area contributed by atoms with Crippen LogP contribution in [0.5, 0.6) is 5.75 Å². The topological polar surface area (TPSA) is 37.3 Å². The maximum absolute atomic E-state index is 11.3. The van der Waals surface area contributed by atoms with Gasteiger partial charge in [0.1, 0.15) is 5.75 Å². The molecule has 0 saturated carbocycles. The second-order valence-electron chi connectivity index (χ2n) is 3.51. The number of carbonyl (C=O) groups excluding carboxylic acids is 1. The second kappa shape index (κ2) is 4.01. The fourth-order valence-corrected chi connectivity index (χ4v) is 1.53. The van der Waals surface area contributed by atoms with Crippen LogP contribution < -0.4 is 0 Å². The predicted molar refractivity (Wildman–Crippen MR) is 56.6 cm³/mol. The average Bonchev–Trinajstić information content (AvgIpc) is 2.17. The molecular formula is C11H13ClO2. The Kier molecular flexibility index (Phi) is 3.17. The van der Waals surface area contributed by atoms with Crippen LogP contribution in [0.2, 0.25) is 0 Å². The van der Waals surface area contributed by atoms with Gasteiger partial charge in [-0.25, -0.2) is 0 Å². The quantitative estimate of drug-likeness (QED) is 0.783. The molecule has 0 aromatic heterocycles. The monoisotopic (exact) mass is 212 g/mol. The van der Waals surface area contributed by atoms with E-state index >= 15 is 0 Å². The smallest absolute Gasteiger partial charge is 0.231 e. The standard InChI is InChI=1S/C11H13ClO2/c1-3-11(2,10(12)14)8-4-6-9(13)7-5-8/h4-7,13H,3H2,1-2H3. The van der Waals surface area contributed by atoms with Crippen molar-refractivity contribution in [2.24, 2.45) is 0 Å². The van der Waals surface area contributed by atoms with Crippen LogP contribution >= 0.6 is 11.6 Å². The second-order valence-corrected chi connectivity index (χ2v) is 3.85. The van der Waals surface area contributed by atoms with Crippen LogP contribution in [0.15, 0.2) is 24.3 Å². The lowest BCUT2D eigenvalue weighted by Gasteiger charge is -2.23. The third kappa shape index (κ3) is 1.90. The van der Waals surface area contributed by atoms with Crippen LogP contribution in [-0.2, 0) is 10.2 Å². The number of carbonyl (C=O) groups is 1. The van der Waals surface area contributed by atoms with Crippen molar-refractivity contribution in [2.75, 3.05) is 0 Å². The van der Waals surface area contributed by atoms with Gasteiger partial charge in [-0.15, -0.1) is 0 Å². The Labute approximate surface area is 88.5 Å². The number of hydrogen-bond acceptors (Lipinski definition) is 2. The van der Waals surface area contributed by atoms with Gasteiger partial charge in [0.05, 0.1) is 5.41 Å². The molecule has 76 valence electrons. The summed E-state index contributed by atoms with van der Waals surface area (Å²) in [7, 11) is 0. The lowest BCUT2D eigenvalue weighted by molar-refractivity contribution is -0.116. The maximum atomic E-state index is 11.3. The molecule has 0 heterocycles. The van der Waals surface area contributed by atoms with Gasteiger partial charge in [0.2, 0.25) is 5.24 Å². The first kappa shape index (κ1) is 11.1. The van der Waals surface area contributed by atoms with Crippen molar-refractivity contribution in [2.45, 2.75) is 25.7 Å². The molecule has 1 aromatic carbocycles. The fraction of sp³-hybridized carbons (Fsp3) is 0.364. The Balaban J connectivity index is 3.13. The van der Waals surface area contributed by atoms with Crippen LogP contribution in [0.4, 0.5) is 0 Å². The Hall–Kier alpha value is -1.02. The molecule has 0 aliphatic carbocycles. The van der Waals surface area contributed by atoms with E-state index in [2.05, 4.69) is 0 Å². The van der Waals surface area contributed by atoms with Crippen LogP contribution in [0.25, 0.3) is 0 Å². The molecule has 3 heteroatoms. The van der Waals surface area contributed by atoms with Crippen LogP contribution in [0, 0.1) is 0 Å². The van der Waals surface area contributed by atoms with E-state index in [0.717, 1.165) is 5.56 Å². The summed E-state index contributed by atoms with van der Waals surface area (Å²) in [4.78, 5) is 11.3. The van der Waals surface area contributed by atoms with Gasteiger partial charge in [-0.3, -0.25) is 4.79 Å². The van der Waals surface area contributed by atoms with Crippen molar-refractivity contribution in [1.29, 1.82) is 0 Å². The van der Waals surface area contributed by atoms with Crippen molar-refractivity contribution < 1.29 is 9.90 Å². The normalized spacial score (nSPS) is 14.8. The Morgan fingerprint density at radius 1 is 1.43 bits per heavy atom. The van der Waals surface area contributed by atoms with Gasteiger partial charge >= 0.3 is 0 Å². The summed E-state index contributed by atoms with van der Waals surface area (Å²) >= 11 is 5.56. The third-order valence-corrected chi connectivity index (χ3v) is 3.06. The summed E-state index contributed by atoms with van der Waals surface area (Å²) in [5.41, 5.74) is 0.174.